The van der Waals surface area contributed by atoms with E-state index in [1.165, 1.54) is 0 Å². The Morgan fingerprint density at radius 1 is 0.722 bits per heavy atom. The highest BCUT2D eigenvalue weighted by atomic mass is 32.2. The van der Waals surface area contributed by atoms with E-state index in [1.54, 1.807) is 0 Å². The maximum atomic E-state index is 11.5. The largest absolute Gasteiger partial charge is 0.368 e. The van der Waals surface area contributed by atoms with Crippen molar-refractivity contribution in [3.63, 3.8) is 0 Å². The van der Waals surface area contributed by atoms with E-state index in [0.29, 0.717) is 0 Å². The van der Waals surface area contributed by atoms with Crippen molar-refractivity contribution in [2.45, 2.75) is 50.2 Å². The Bertz CT molecular complexity index is 1150. The van der Waals surface area contributed by atoms with E-state index in [1.807, 2.05) is 91.0 Å². The molecule has 2 aliphatic heterocycles. The Balaban J connectivity index is 1.42. The number of hydrogen-bond donors (Lipinski definition) is 1. The first-order chi connectivity index (χ1) is 17.7. The molecule has 0 saturated carbocycles. The summed E-state index contributed by atoms with van der Waals surface area (Å²) < 4.78 is 59.1. The summed E-state index contributed by atoms with van der Waals surface area (Å²) >= 11 is 0. The van der Waals surface area contributed by atoms with Crippen LogP contribution in [0.4, 0.5) is 0 Å². The second kappa shape index (κ2) is 12.1. The molecule has 0 radical (unpaired) electrons. The van der Waals surface area contributed by atoms with Crippen LogP contribution in [0.15, 0.2) is 91.0 Å². The van der Waals surface area contributed by atoms with Gasteiger partial charge in [-0.05, 0) is 11.1 Å². The SMILES string of the molecule is O=[SH](=O)O[C@@H]1O[C@@H]2COC(c3ccccc3)O[C@H]2[C@H](OCc2ccccc2)[C@H]1OCc1ccccc1. The second-order valence-corrected chi connectivity index (χ2v) is 9.23. The van der Waals surface area contributed by atoms with Crippen LogP contribution in [0.1, 0.15) is 23.0 Å². The van der Waals surface area contributed by atoms with Crippen LogP contribution in [0, 0.1) is 0 Å². The van der Waals surface area contributed by atoms with E-state index in [-0.39, 0.29) is 19.8 Å². The zero-order chi connectivity index (χ0) is 24.7. The second-order valence-electron chi connectivity index (χ2n) is 8.57. The van der Waals surface area contributed by atoms with Crippen LogP contribution in [-0.2, 0) is 52.1 Å². The molecule has 0 amide bonds. The van der Waals surface area contributed by atoms with Gasteiger partial charge in [-0.25, -0.2) is 12.6 Å². The quantitative estimate of drug-likeness (QED) is 0.436. The summed E-state index contributed by atoms with van der Waals surface area (Å²) in [5.74, 6) is 0. The van der Waals surface area contributed by atoms with Gasteiger partial charge in [0.2, 0.25) is 6.29 Å². The first-order valence-corrected chi connectivity index (χ1v) is 12.9. The highest BCUT2D eigenvalue weighted by molar-refractivity contribution is 7.67. The molecule has 6 atom stereocenters. The van der Waals surface area contributed by atoms with Crippen LogP contribution in [0.5, 0.6) is 0 Å². The van der Waals surface area contributed by atoms with Crippen molar-refractivity contribution in [1.82, 2.24) is 0 Å². The highest BCUT2D eigenvalue weighted by Gasteiger charge is 2.52. The van der Waals surface area contributed by atoms with Gasteiger partial charge in [0.05, 0.1) is 19.8 Å². The normalized spacial score (nSPS) is 28.0. The molecular weight excluding hydrogens is 484 g/mol. The molecule has 2 fully saturated rings. The van der Waals surface area contributed by atoms with Crippen LogP contribution in [0.25, 0.3) is 0 Å². The minimum atomic E-state index is -3.20. The monoisotopic (exact) mass is 512 g/mol. The summed E-state index contributed by atoms with van der Waals surface area (Å²) in [5.41, 5.74) is 2.74. The summed E-state index contributed by atoms with van der Waals surface area (Å²) in [6, 6.07) is 28.9. The number of ether oxygens (including phenoxy) is 5. The maximum Gasteiger partial charge on any atom is 0.259 e. The van der Waals surface area contributed by atoms with E-state index in [9.17, 15) is 8.42 Å². The molecule has 3 aromatic rings. The molecule has 2 heterocycles. The lowest BCUT2D eigenvalue weighted by molar-refractivity contribution is -0.360. The summed E-state index contributed by atoms with van der Waals surface area (Å²) in [5, 5.41) is 0. The third-order valence-corrected chi connectivity index (χ3v) is 6.50. The molecule has 2 saturated heterocycles. The molecule has 190 valence electrons. The van der Waals surface area contributed by atoms with Crippen molar-refractivity contribution in [2.75, 3.05) is 6.61 Å². The fourth-order valence-electron chi connectivity index (χ4n) is 4.40. The van der Waals surface area contributed by atoms with Gasteiger partial charge in [-0.3, -0.25) is 0 Å². The summed E-state index contributed by atoms with van der Waals surface area (Å²) in [7, 11) is -3.20. The first-order valence-electron chi connectivity index (χ1n) is 11.8. The first kappa shape index (κ1) is 25.0. The van der Waals surface area contributed by atoms with Crippen molar-refractivity contribution in [1.29, 1.82) is 0 Å². The lowest BCUT2D eigenvalue weighted by Gasteiger charge is -2.48. The predicted molar refractivity (Wildman–Crippen MR) is 130 cm³/mol. The van der Waals surface area contributed by atoms with Gasteiger partial charge in [-0.15, -0.1) is 0 Å². The molecule has 0 spiro atoms. The summed E-state index contributed by atoms with van der Waals surface area (Å²) in [6.07, 6.45) is -4.60. The smallest absolute Gasteiger partial charge is 0.259 e. The lowest BCUT2D eigenvalue weighted by Crippen LogP contribution is -2.63. The number of benzene rings is 3. The molecule has 8 nitrogen and oxygen atoms in total. The number of hydrogen-bond acceptors (Lipinski definition) is 8. The summed E-state index contributed by atoms with van der Waals surface area (Å²) in [4.78, 5) is 0. The minimum absolute atomic E-state index is 0.177. The van der Waals surface area contributed by atoms with E-state index in [2.05, 4.69) is 0 Å². The molecule has 36 heavy (non-hydrogen) atoms. The third kappa shape index (κ3) is 6.19. The average molecular weight is 513 g/mol. The van der Waals surface area contributed by atoms with Crippen LogP contribution >= 0.6 is 0 Å². The van der Waals surface area contributed by atoms with Gasteiger partial charge < -0.3 is 23.7 Å². The molecule has 0 N–H and O–H groups in total. The maximum absolute atomic E-state index is 11.5. The predicted octanol–water partition coefficient (Wildman–Crippen LogP) is 3.54. The van der Waals surface area contributed by atoms with E-state index in [0.717, 1.165) is 16.7 Å². The Labute approximate surface area is 211 Å². The van der Waals surface area contributed by atoms with Gasteiger partial charge in [0.15, 0.2) is 6.29 Å². The van der Waals surface area contributed by atoms with Crippen molar-refractivity contribution < 1.29 is 36.3 Å². The Kier molecular flexibility index (Phi) is 8.40. The minimum Gasteiger partial charge on any atom is -0.368 e. The molecular formula is C27H28O8S. The third-order valence-electron chi connectivity index (χ3n) is 6.12. The number of thiol groups is 1. The van der Waals surface area contributed by atoms with E-state index >= 15 is 0 Å². The van der Waals surface area contributed by atoms with Gasteiger partial charge >= 0.3 is 0 Å². The lowest BCUT2D eigenvalue weighted by atomic mass is 9.97. The van der Waals surface area contributed by atoms with E-state index in [4.69, 9.17) is 27.9 Å². The van der Waals surface area contributed by atoms with Crippen LogP contribution in [0.3, 0.4) is 0 Å². The van der Waals surface area contributed by atoms with Crippen molar-refractivity contribution in [3.05, 3.63) is 108 Å². The molecule has 9 heteroatoms. The van der Waals surface area contributed by atoms with Crippen LogP contribution in [0.2, 0.25) is 0 Å². The summed E-state index contributed by atoms with van der Waals surface area (Å²) in [6.45, 7) is 0.665. The molecule has 3 aromatic carbocycles. The fraction of sp³-hybridized carbons (Fsp3) is 0.333. The van der Waals surface area contributed by atoms with Gasteiger partial charge in [-0.2, -0.15) is 0 Å². The highest BCUT2D eigenvalue weighted by Crippen LogP contribution is 2.37. The van der Waals surface area contributed by atoms with Crippen molar-refractivity contribution in [2.24, 2.45) is 0 Å². The molecule has 1 unspecified atom stereocenters. The molecule has 0 aliphatic carbocycles. The van der Waals surface area contributed by atoms with Gasteiger partial charge in [-0.1, -0.05) is 91.0 Å². The molecule has 0 aromatic heterocycles. The molecule has 0 bridgehead atoms. The zero-order valence-corrected chi connectivity index (χ0v) is 20.4. The fourth-order valence-corrected chi connectivity index (χ4v) is 4.73. The Morgan fingerprint density at radius 2 is 1.28 bits per heavy atom. The Hall–Kier alpha value is -2.63. The van der Waals surface area contributed by atoms with Gasteiger partial charge in [0.1, 0.15) is 24.4 Å². The van der Waals surface area contributed by atoms with Crippen LogP contribution in [-0.4, -0.2) is 45.7 Å². The number of rotatable bonds is 9. The van der Waals surface area contributed by atoms with E-state index < -0.39 is 48.0 Å². The van der Waals surface area contributed by atoms with Crippen molar-refractivity contribution in [3.8, 4) is 0 Å². The molecule has 5 rings (SSSR count). The van der Waals surface area contributed by atoms with Gasteiger partial charge in [0, 0.05) is 5.56 Å². The number of fused-ring (bicyclic) bond motifs is 1. The van der Waals surface area contributed by atoms with Crippen molar-refractivity contribution >= 4 is 11.0 Å². The van der Waals surface area contributed by atoms with Gasteiger partial charge in [0.25, 0.3) is 11.0 Å². The standard InChI is InChI=1S/C27H28O8S/c28-36(29)35-27-25(31-17-20-12-6-2-7-13-20)24(30-16-19-10-4-1-5-11-19)23-22(33-27)18-32-26(34-23)21-14-8-3-9-15-21/h1-15,22-27,36H,16-18H2/t22-,23-,24+,25-,26?,27+/m1/s1. The topological polar surface area (TPSA) is 89.5 Å². The Morgan fingerprint density at radius 3 is 1.86 bits per heavy atom. The van der Waals surface area contributed by atoms with Crippen LogP contribution < -0.4 is 0 Å². The average Bonchev–Trinajstić information content (AvgIpc) is 2.92. The molecule has 2 aliphatic rings. The zero-order valence-electron chi connectivity index (χ0n) is 19.5.